The maximum absolute atomic E-state index is 13.4. The number of anilines is 1. The summed E-state index contributed by atoms with van der Waals surface area (Å²) in [6, 6.07) is 3.60. The average molecular weight is 319 g/mol. The molecule has 2 rings (SSSR count). The van der Waals surface area contributed by atoms with Gasteiger partial charge in [0.15, 0.2) is 0 Å². The first kappa shape index (κ1) is 15.7. The lowest BCUT2D eigenvalue weighted by molar-refractivity contribution is -0.117. The van der Waals surface area contributed by atoms with Crippen LogP contribution in [0.3, 0.4) is 0 Å². The van der Waals surface area contributed by atoms with Gasteiger partial charge in [-0.05, 0) is 26.0 Å². The zero-order valence-corrected chi connectivity index (χ0v) is 12.4. The third-order valence-electron chi connectivity index (χ3n) is 3.06. The Morgan fingerprint density at radius 1 is 1.38 bits per heavy atom. The summed E-state index contributed by atoms with van der Waals surface area (Å²) in [5.74, 6) is -0.933. The third kappa shape index (κ3) is 3.49. The Labute approximate surface area is 121 Å². The molecule has 1 heterocycles. The van der Waals surface area contributed by atoms with Crippen molar-refractivity contribution in [2.75, 3.05) is 11.4 Å². The Morgan fingerprint density at radius 2 is 2.05 bits per heavy atom. The molecule has 1 fully saturated rings. The summed E-state index contributed by atoms with van der Waals surface area (Å²) < 4.78 is 53.8. The number of carbonyl (C=O) groups excluding carboxylic acids is 1. The van der Waals surface area contributed by atoms with E-state index in [9.17, 15) is 21.5 Å². The van der Waals surface area contributed by atoms with Crippen LogP contribution in [0.2, 0.25) is 0 Å². The second-order valence-electron chi connectivity index (χ2n) is 5.08. The zero-order chi connectivity index (χ0) is 15.8. The summed E-state index contributed by atoms with van der Waals surface area (Å²) in [5.41, 5.74) is 0.111. The number of ether oxygens (including phenoxy) is 1. The summed E-state index contributed by atoms with van der Waals surface area (Å²) in [6.45, 7) is 3.16. The molecule has 116 valence electrons. The molecule has 8 heteroatoms. The van der Waals surface area contributed by atoms with Crippen LogP contribution in [0.1, 0.15) is 20.3 Å². The molecule has 21 heavy (non-hydrogen) atoms. The molecule has 1 aromatic carbocycles. The number of halogens is 2. The zero-order valence-electron chi connectivity index (χ0n) is 11.5. The van der Waals surface area contributed by atoms with E-state index in [1.54, 1.807) is 13.8 Å². The molecule has 0 radical (unpaired) electrons. The van der Waals surface area contributed by atoms with Crippen LogP contribution in [0.15, 0.2) is 18.2 Å². The van der Waals surface area contributed by atoms with Gasteiger partial charge in [-0.15, -0.1) is 3.89 Å². The van der Waals surface area contributed by atoms with Crippen LogP contribution in [0, 0.1) is 5.82 Å². The van der Waals surface area contributed by atoms with Crippen molar-refractivity contribution in [1.29, 1.82) is 0 Å². The molecule has 5 nitrogen and oxygen atoms in total. The number of amides is 1. The first-order valence-corrected chi connectivity index (χ1v) is 7.83. The molecular formula is C13H15F2NO4S. The van der Waals surface area contributed by atoms with Crippen molar-refractivity contribution in [3.8, 4) is 5.75 Å². The summed E-state index contributed by atoms with van der Waals surface area (Å²) >= 11 is 0. The van der Waals surface area contributed by atoms with E-state index in [0.717, 1.165) is 11.0 Å². The first-order valence-electron chi connectivity index (χ1n) is 6.38. The molecule has 0 saturated carbocycles. The Hall–Kier alpha value is -1.70. The quantitative estimate of drug-likeness (QED) is 0.797. The van der Waals surface area contributed by atoms with Gasteiger partial charge in [0.1, 0.15) is 16.8 Å². The normalized spacial score (nSPS) is 19.4. The molecule has 1 amide bonds. The smallest absolute Gasteiger partial charge is 0.307 e. The van der Waals surface area contributed by atoms with Crippen molar-refractivity contribution in [2.24, 2.45) is 0 Å². The van der Waals surface area contributed by atoms with Gasteiger partial charge in [0, 0.05) is 19.0 Å². The van der Waals surface area contributed by atoms with Crippen molar-refractivity contribution in [2.45, 2.75) is 31.6 Å². The van der Waals surface area contributed by atoms with E-state index in [2.05, 4.69) is 0 Å². The molecule has 0 spiro atoms. The van der Waals surface area contributed by atoms with Gasteiger partial charge < -0.3 is 9.64 Å². The topological polar surface area (TPSA) is 63.7 Å². The predicted molar refractivity (Wildman–Crippen MR) is 72.9 cm³/mol. The molecule has 0 aromatic heterocycles. The van der Waals surface area contributed by atoms with Crippen molar-refractivity contribution >= 4 is 21.8 Å². The van der Waals surface area contributed by atoms with Gasteiger partial charge in [-0.1, -0.05) is 0 Å². The lowest BCUT2D eigenvalue weighted by Crippen LogP contribution is -2.27. The minimum atomic E-state index is -4.82. The van der Waals surface area contributed by atoms with Crippen LogP contribution in [0.25, 0.3) is 0 Å². The second-order valence-corrected chi connectivity index (χ2v) is 6.70. The van der Waals surface area contributed by atoms with Crippen molar-refractivity contribution in [3.05, 3.63) is 24.0 Å². The van der Waals surface area contributed by atoms with Gasteiger partial charge in [0.25, 0.3) is 0 Å². The highest BCUT2D eigenvalue weighted by molar-refractivity contribution is 7.87. The highest BCUT2D eigenvalue weighted by Gasteiger charge is 2.40. The van der Waals surface area contributed by atoms with E-state index in [-0.39, 0.29) is 24.1 Å². The first-order chi connectivity index (χ1) is 9.68. The van der Waals surface area contributed by atoms with E-state index in [1.165, 1.54) is 12.1 Å². The Morgan fingerprint density at radius 3 is 2.57 bits per heavy atom. The van der Waals surface area contributed by atoms with Gasteiger partial charge in [0.2, 0.25) is 5.91 Å². The second kappa shape index (κ2) is 5.59. The molecule has 0 bridgehead atoms. The minimum Gasteiger partial charge on any atom is -0.489 e. The van der Waals surface area contributed by atoms with Gasteiger partial charge >= 0.3 is 10.2 Å². The SMILES string of the molecule is CC(C)Oc1ccc(F)cc1N1CC(S(=O)(=O)F)CC1=O. The number of nitrogens with zero attached hydrogens (tertiary/aromatic N) is 1. The van der Waals surface area contributed by atoms with Crippen molar-refractivity contribution < 1.29 is 26.2 Å². The molecule has 1 unspecified atom stereocenters. The molecule has 1 atom stereocenters. The summed E-state index contributed by atoms with van der Waals surface area (Å²) in [5, 5.41) is -1.43. The van der Waals surface area contributed by atoms with Crippen molar-refractivity contribution in [3.63, 3.8) is 0 Å². The van der Waals surface area contributed by atoms with Gasteiger partial charge in [0.05, 0.1) is 11.8 Å². The highest BCUT2D eigenvalue weighted by Crippen LogP contribution is 2.34. The van der Waals surface area contributed by atoms with E-state index >= 15 is 0 Å². The van der Waals surface area contributed by atoms with Crippen LogP contribution in [-0.4, -0.2) is 32.2 Å². The van der Waals surface area contributed by atoms with E-state index in [0.29, 0.717) is 0 Å². The molecule has 0 aliphatic carbocycles. The Balaban J connectivity index is 2.37. The van der Waals surface area contributed by atoms with Gasteiger partial charge in [-0.2, -0.15) is 8.42 Å². The fourth-order valence-corrected chi connectivity index (χ4v) is 2.82. The maximum atomic E-state index is 13.4. The van der Waals surface area contributed by atoms with E-state index in [4.69, 9.17) is 4.74 Å². The monoisotopic (exact) mass is 319 g/mol. The van der Waals surface area contributed by atoms with Crippen LogP contribution >= 0.6 is 0 Å². The molecule has 1 saturated heterocycles. The summed E-state index contributed by atoms with van der Waals surface area (Å²) in [7, 11) is -4.82. The minimum absolute atomic E-state index is 0.111. The lowest BCUT2D eigenvalue weighted by Gasteiger charge is -2.21. The summed E-state index contributed by atoms with van der Waals surface area (Å²) in [4.78, 5) is 12.9. The van der Waals surface area contributed by atoms with Gasteiger partial charge in [-0.25, -0.2) is 4.39 Å². The van der Waals surface area contributed by atoms with Crippen LogP contribution in [-0.2, 0) is 15.0 Å². The molecule has 1 aromatic rings. The summed E-state index contributed by atoms with van der Waals surface area (Å²) in [6.07, 6.45) is -0.677. The number of hydrogen-bond acceptors (Lipinski definition) is 4. The van der Waals surface area contributed by atoms with Gasteiger partial charge in [-0.3, -0.25) is 4.79 Å². The van der Waals surface area contributed by atoms with Crippen LogP contribution in [0.4, 0.5) is 14.0 Å². The Kier molecular flexibility index (Phi) is 4.18. The van der Waals surface area contributed by atoms with Crippen LogP contribution in [0.5, 0.6) is 5.75 Å². The molecule has 0 N–H and O–H groups in total. The largest absolute Gasteiger partial charge is 0.489 e. The molecule has 1 aliphatic rings. The average Bonchev–Trinajstić information content (AvgIpc) is 2.73. The highest BCUT2D eigenvalue weighted by atomic mass is 32.3. The fourth-order valence-electron chi connectivity index (χ4n) is 2.15. The van der Waals surface area contributed by atoms with E-state index in [1.807, 2.05) is 0 Å². The number of benzene rings is 1. The lowest BCUT2D eigenvalue weighted by atomic mass is 10.2. The molecule has 1 aliphatic heterocycles. The predicted octanol–water partition coefficient (Wildman–Crippen LogP) is 2.02. The van der Waals surface area contributed by atoms with Crippen LogP contribution < -0.4 is 9.64 Å². The maximum Gasteiger partial charge on any atom is 0.307 e. The number of hydrogen-bond donors (Lipinski definition) is 0. The molecular weight excluding hydrogens is 304 g/mol. The fraction of sp³-hybridized carbons (Fsp3) is 0.462. The standard InChI is InChI=1S/C13H15F2NO4S/c1-8(2)20-12-4-3-9(14)5-11(12)16-7-10(6-13(16)17)21(15,18)19/h3-5,8,10H,6-7H2,1-2H3. The number of carbonyl (C=O) groups is 1. The number of rotatable bonds is 4. The Bertz CT molecular complexity index is 660. The van der Waals surface area contributed by atoms with E-state index < -0.39 is 33.6 Å². The van der Waals surface area contributed by atoms with Crippen molar-refractivity contribution in [1.82, 2.24) is 0 Å². The third-order valence-corrected chi connectivity index (χ3v) is 4.17.